The first kappa shape index (κ1) is 13.6. The van der Waals surface area contributed by atoms with Crippen LogP contribution in [0.3, 0.4) is 0 Å². The second-order valence-electron chi connectivity index (χ2n) is 5.04. The Balaban J connectivity index is 1.64. The van der Waals surface area contributed by atoms with Crippen LogP contribution >= 0.6 is 11.3 Å². The molecule has 18 heavy (non-hydrogen) atoms. The maximum absolute atomic E-state index is 11.8. The molecule has 1 fully saturated rings. The number of hydrogen-bond donors (Lipinski definition) is 2. The monoisotopic (exact) mass is 266 g/mol. The summed E-state index contributed by atoms with van der Waals surface area (Å²) in [4.78, 5) is 11.8. The zero-order valence-corrected chi connectivity index (χ0v) is 11.8. The van der Waals surface area contributed by atoms with Gasteiger partial charge in [0.2, 0.25) is 5.91 Å². The average molecular weight is 266 g/mol. The van der Waals surface area contributed by atoms with E-state index in [0.29, 0.717) is 19.0 Å². The second kappa shape index (κ2) is 6.90. The highest BCUT2D eigenvalue weighted by Crippen LogP contribution is 2.14. The van der Waals surface area contributed by atoms with Gasteiger partial charge in [0, 0.05) is 19.0 Å². The molecule has 0 radical (unpaired) electrons. The van der Waals surface area contributed by atoms with E-state index in [9.17, 15) is 4.79 Å². The first-order chi connectivity index (χ1) is 8.75. The van der Waals surface area contributed by atoms with Crippen LogP contribution in [0, 0.1) is 6.92 Å². The van der Waals surface area contributed by atoms with E-state index in [1.54, 1.807) is 11.3 Å². The van der Waals surface area contributed by atoms with Crippen LogP contribution in [0.4, 0.5) is 0 Å². The number of hydrogen-bond acceptors (Lipinski definition) is 3. The van der Waals surface area contributed by atoms with Crippen molar-refractivity contribution in [2.75, 3.05) is 6.54 Å². The molecule has 1 amide bonds. The third-order valence-corrected chi connectivity index (χ3v) is 4.48. The minimum absolute atomic E-state index is 0.174. The lowest BCUT2D eigenvalue weighted by atomic mass is 10.0. The van der Waals surface area contributed by atoms with Gasteiger partial charge in [0.15, 0.2) is 0 Å². The van der Waals surface area contributed by atoms with Gasteiger partial charge in [0.05, 0.1) is 0 Å². The summed E-state index contributed by atoms with van der Waals surface area (Å²) >= 11 is 1.69. The predicted octanol–water partition coefficient (Wildman–Crippen LogP) is 2.60. The number of nitrogens with one attached hydrogen (secondary N) is 2. The third-order valence-electron chi connectivity index (χ3n) is 3.57. The molecule has 2 rings (SSSR count). The molecule has 0 spiro atoms. The summed E-state index contributed by atoms with van der Waals surface area (Å²) in [7, 11) is 0. The highest BCUT2D eigenvalue weighted by atomic mass is 32.1. The SMILES string of the molecule is Cc1cscc1CNC(=O)CCC1CCCCN1. The molecule has 3 nitrogen and oxygen atoms in total. The van der Waals surface area contributed by atoms with Gasteiger partial charge in [-0.1, -0.05) is 6.42 Å². The molecule has 0 aromatic carbocycles. The molecule has 1 unspecified atom stereocenters. The smallest absolute Gasteiger partial charge is 0.220 e. The van der Waals surface area contributed by atoms with E-state index in [-0.39, 0.29) is 5.91 Å². The lowest BCUT2D eigenvalue weighted by Crippen LogP contribution is -2.35. The Labute approximate surface area is 113 Å². The van der Waals surface area contributed by atoms with Gasteiger partial charge in [0.1, 0.15) is 0 Å². The molecule has 1 aromatic heterocycles. The van der Waals surface area contributed by atoms with Crippen LogP contribution in [0.25, 0.3) is 0 Å². The molecule has 2 heterocycles. The predicted molar refractivity (Wildman–Crippen MR) is 75.8 cm³/mol. The second-order valence-corrected chi connectivity index (χ2v) is 5.79. The largest absolute Gasteiger partial charge is 0.352 e. The first-order valence-electron chi connectivity index (χ1n) is 6.77. The van der Waals surface area contributed by atoms with Crippen LogP contribution in [0.5, 0.6) is 0 Å². The van der Waals surface area contributed by atoms with Crippen molar-refractivity contribution in [1.82, 2.24) is 10.6 Å². The molecular weight excluding hydrogens is 244 g/mol. The Morgan fingerprint density at radius 3 is 3.06 bits per heavy atom. The van der Waals surface area contributed by atoms with Crippen molar-refractivity contribution >= 4 is 17.2 Å². The van der Waals surface area contributed by atoms with E-state index >= 15 is 0 Å². The van der Waals surface area contributed by atoms with E-state index < -0.39 is 0 Å². The van der Waals surface area contributed by atoms with Crippen LogP contribution in [-0.4, -0.2) is 18.5 Å². The van der Waals surface area contributed by atoms with E-state index in [0.717, 1.165) is 13.0 Å². The quantitative estimate of drug-likeness (QED) is 0.860. The summed E-state index contributed by atoms with van der Waals surface area (Å²) in [6.07, 6.45) is 5.40. The maximum atomic E-state index is 11.8. The fraction of sp³-hybridized carbons (Fsp3) is 0.643. The van der Waals surface area contributed by atoms with Crippen LogP contribution in [0.15, 0.2) is 10.8 Å². The van der Waals surface area contributed by atoms with Crippen molar-refractivity contribution in [3.63, 3.8) is 0 Å². The van der Waals surface area contributed by atoms with E-state index in [1.807, 2.05) is 0 Å². The van der Waals surface area contributed by atoms with Gasteiger partial charge in [-0.25, -0.2) is 0 Å². The molecule has 100 valence electrons. The molecule has 0 saturated carbocycles. The number of thiophene rings is 1. The zero-order valence-electron chi connectivity index (χ0n) is 11.0. The standard InChI is InChI=1S/C14H22N2OS/c1-11-9-18-10-12(11)8-16-14(17)6-5-13-4-2-3-7-15-13/h9-10,13,15H,2-8H2,1H3,(H,16,17). The lowest BCUT2D eigenvalue weighted by molar-refractivity contribution is -0.121. The fourth-order valence-corrected chi connectivity index (χ4v) is 3.18. The molecule has 1 aliphatic rings. The minimum Gasteiger partial charge on any atom is -0.352 e. The van der Waals surface area contributed by atoms with Crippen molar-refractivity contribution in [1.29, 1.82) is 0 Å². The molecule has 1 saturated heterocycles. The molecule has 2 N–H and O–H groups in total. The number of carbonyl (C=O) groups excluding carboxylic acids is 1. The number of amides is 1. The van der Waals surface area contributed by atoms with Gasteiger partial charge in [-0.3, -0.25) is 4.79 Å². The Morgan fingerprint density at radius 1 is 1.50 bits per heavy atom. The normalized spacial score (nSPS) is 19.7. The molecule has 1 atom stereocenters. The molecular formula is C14H22N2OS. The molecule has 1 aromatic rings. The highest BCUT2D eigenvalue weighted by Gasteiger charge is 2.13. The molecule has 0 bridgehead atoms. The Hall–Kier alpha value is -0.870. The number of rotatable bonds is 5. The van der Waals surface area contributed by atoms with Crippen molar-refractivity contribution < 1.29 is 4.79 Å². The zero-order chi connectivity index (χ0) is 12.8. The summed E-state index contributed by atoms with van der Waals surface area (Å²) in [6, 6.07) is 0.549. The van der Waals surface area contributed by atoms with Gasteiger partial charge in [-0.2, -0.15) is 11.3 Å². The average Bonchev–Trinajstić information content (AvgIpc) is 2.81. The minimum atomic E-state index is 0.174. The maximum Gasteiger partial charge on any atom is 0.220 e. The van der Waals surface area contributed by atoms with Crippen LogP contribution in [0.2, 0.25) is 0 Å². The Morgan fingerprint density at radius 2 is 2.39 bits per heavy atom. The summed E-state index contributed by atoms with van der Waals surface area (Å²) in [5.74, 6) is 0.174. The van der Waals surface area contributed by atoms with Crippen molar-refractivity contribution in [2.24, 2.45) is 0 Å². The summed E-state index contributed by atoms with van der Waals surface area (Å²) in [6.45, 7) is 3.87. The van der Waals surface area contributed by atoms with E-state index in [2.05, 4.69) is 28.3 Å². The van der Waals surface area contributed by atoms with E-state index in [1.165, 1.54) is 30.4 Å². The first-order valence-corrected chi connectivity index (χ1v) is 7.72. The Bertz CT molecular complexity index is 383. The summed E-state index contributed by atoms with van der Waals surface area (Å²) in [5.41, 5.74) is 2.51. The highest BCUT2D eigenvalue weighted by molar-refractivity contribution is 7.08. The van der Waals surface area contributed by atoms with Crippen LogP contribution < -0.4 is 10.6 Å². The van der Waals surface area contributed by atoms with Gasteiger partial charge in [-0.15, -0.1) is 0 Å². The van der Waals surface area contributed by atoms with Crippen molar-refractivity contribution in [3.05, 3.63) is 21.9 Å². The summed E-state index contributed by atoms with van der Waals surface area (Å²) < 4.78 is 0. The Kier molecular flexibility index (Phi) is 5.20. The van der Waals surface area contributed by atoms with Crippen molar-refractivity contribution in [2.45, 2.75) is 51.6 Å². The van der Waals surface area contributed by atoms with Crippen LogP contribution in [-0.2, 0) is 11.3 Å². The van der Waals surface area contributed by atoms with Crippen molar-refractivity contribution in [3.8, 4) is 0 Å². The lowest BCUT2D eigenvalue weighted by Gasteiger charge is -2.23. The fourth-order valence-electron chi connectivity index (χ4n) is 2.33. The third kappa shape index (κ3) is 4.10. The number of piperidine rings is 1. The van der Waals surface area contributed by atoms with Gasteiger partial charge >= 0.3 is 0 Å². The van der Waals surface area contributed by atoms with Gasteiger partial charge < -0.3 is 10.6 Å². The number of aryl methyl sites for hydroxylation is 1. The van der Waals surface area contributed by atoms with Gasteiger partial charge in [0.25, 0.3) is 0 Å². The topological polar surface area (TPSA) is 41.1 Å². The van der Waals surface area contributed by atoms with Gasteiger partial charge in [-0.05, 0) is 54.6 Å². The number of carbonyl (C=O) groups is 1. The molecule has 4 heteroatoms. The summed E-state index contributed by atoms with van der Waals surface area (Å²) in [5, 5.41) is 10.7. The van der Waals surface area contributed by atoms with Crippen LogP contribution in [0.1, 0.15) is 43.2 Å². The van der Waals surface area contributed by atoms with E-state index in [4.69, 9.17) is 0 Å². The molecule has 0 aliphatic carbocycles. The molecule has 1 aliphatic heterocycles.